The van der Waals surface area contributed by atoms with Crippen molar-refractivity contribution in [1.82, 2.24) is 0 Å². The molecule has 118 valence electrons. The van der Waals surface area contributed by atoms with Crippen molar-refractivity contribution in [2.45, 2.75) is 44.6 Å². The van der Waals surface area contributed by atoms with E-state index in [1.165, 1.54) is 31.8 Å². The zero-order valence-corrected chi connectivity index (χ0v) is 12.6. The molecule has 1 heterocycles. The zero-order chi connectivity index (χ0) is 14.9. The minimum absolute atomic E-state index is 0.475. The highest BCUT2D eigenvalue weighted by molar-refractivity contribution is 5.79. The molecular formula is C17H26O4. The normalized spacial score (nSPS) is 27.2. The molecule has 1 aliphatic heterocycles. The highest BCUT2D eigenvalue weighted by Gasteiger charge is 2.28. The number of carboxylic acid groups (broad SMARTS) is 1. The Hall–Kier alpha value is -1.13. The van der Waals surface area contributed by atoms with E-state index in [1.54, 1.807) is 6.08 Å². The number of rotatable bonds is 8. The molecule has 4 heteroatoms. The van der Waals surface area contributed by atoms with Crippen molar-refractivity contribution in [3.8, 4) is 0 Å². The monoisotopic (exact) mass is 294 g/mol. The lowest BCUT2D eigenvalue weighted by Gasteiger charge is -2.19. The van der Waals surface area contributed by atoms with Crippen LogP contribution in [-0.4, -0.2) is 37.0 Å². The molecule has 1 N–H and O–H groups in total. The molecule has 2 aliphatic rings. The standard InChI is InChI=1S/C17H26O4/c18-17(19)10-4-2-1-3-7-14-11-20-12-15(14)13-21-16-8-5-6-9-16/h1,3-4,10,14-16H,2,5-9,11-13H2,(H,18,19)/t14-,15-/m1/s1. The predicted octanol–water partition coefficient (Wildman–Crippen LogP) is 3.19. The van der Waals surface area contributed by atoms with E-state index in [-0.39, 0.29) is 0 Å². The Kier molecular flexibility index (Phi) is 6.96. The second-order valence-corrected chi connectivity index (χ2v) is 5.98. The van der Waals surface area contributed by atoms with Crippen LogP contribution in [0.1, 0.15) is 38.5 Å². The maximum atomic E-state index is 10.3. The summed E-state index contributed by atoms with van der Waals surface area (Å²) in [5.41, 5.74) is 0. The van der Waals surface area contributed by atoms with Gasteiger partial charge in [0.15, 0.2) is 0 Å². The first kappa shape index (κ1) is 16.2. The van der Waals surface area contributed by atoms with Crippen LogP contribution in [0.3, 0.4) is 0 Å². The van der Waals surface area contributed by atoms with Crippen molar-refractivity contribution in [1.29, 1.82) is 0 Å². The van der Waals surface area contributed by atoms with E-state index in [0.29, 0.717) is 24.4 Å². The molecule has 0 amide bonds. The summed E-state index contributed by atoms with van der Waals surface area (Å²) in [6.07, 6.45) is 14.2. The summed E-state index contributed by atoms with van der Waals surface area (Å²) in [6.45, 7) is 2.44. The number of aliphatic carboxylic acids is 1. The van der Waals surface area contributed by atoms with E-state index in [0.717, 1.165) is 26.2 Å². The van der Waals surface area contributed by atoms with Crippen LogP contribution in [-0.2, 0) is 14.3 Å². The summed E-state index contributed by atoms with van der Waals surface area (Å²) >= 11 is 0. The molecule has 1 saturated carbocycles. The van der Waals surface area contributed by atoms with E-state index in [2.05, 4.69) is 6.08 Å². The smallest absolute Gasteiger partial charge is 0.327 e. The molecule has 2 fully saturated rings. The number of carbonyl (C=O) groups is 1. The summed E-state index contributed by atoms with van der Waals surface area (Å²) in [7, 11) is 0. The number of hydrogen-bond acceptors (Lipinski definition) is 3. The maximum absolute atomic E-state index is 10.3. The first-order valence-corrected chi connectivity index (χ1v) is 7.99. The Morgan fingerprint density at radius 2 is 1.90 bits per heavy atom. The molecule has 0 aromatic heterocycles. The summed E-state index contributed by atoms with van der Waals surface area (Å²) in [6, 6.07) is 0. The van der Waals surface area contributed by atoms with Crippen molar-refractivity contribution < 1.29 is 19.4 Å². The third-order valence-electron chi connectivity index (χ3n) is 4.32. The van der Waals surface area contributed by atoms with Crippen molar-refractivity contribution in [3.05, 3.63) is 24.3 Å². The second kappa shape index (κ2) is 9.00. The van der Waals surface area contributed by atoms with E-state index < -0.39 is 5.97 Å². The van der Waals surface area contributed by atoms with Crippen LogP contribution in [0.4, 0.5) is 0 Å². The number of carboxylic acids is 1. The first-order chi connectivity index (χ1) is 10.3. The predicted molar refractivity (Wildman–Crippen MR) is 81.2 cm³/mol. The molecule has 2 atom stereocenters. The van der Waals surface area contributed by atoms with Crippen LogP contribution in [0.2, 0.25) is 0 Å². The molecule has 1 aliphatic carbocycles. The van der Waals surface area contributed by atoms with Gasteiger partial charge in [-0.1, -0.05) is 31.1 Å². The Morgan fingerprint density at radius 1 is 1.14 bits per heavy atom. The number of allylic oxidation sites excluding steroid dienone is 3. The SMILES string of the molecule is O=C(O)C=CCC=CC[C@@H]1COC[C@@H]1COC1CCCC1. The highest BCUT2D eigenvalue weighted by atomic mass is 16.5. The number of hydrogen-bond donors (Lipinski definition) is 1. The van der Waals surface area contributed by atoms with Crippen LogP contribution >= 0.6 is 0 Å². The molecule has 21 heavy (non-hydrogen) atoms. The van der Waals surface area contributed by atoms with Gasteiger partial charge >= 0.3 is 5.97 Å². The van der Waals surface area contributed by atoms with Gasteiger partial charge in [-0.2, -0.15) is 0 Å². The van der Waals surface area contributed by atoms with Crippen LogP contribution in [0.15, 0.2) is 24.3 Å². The van der Waals surface area contributed by atoms with Crippen molar-refractivity contribution in [2.75, 3.05) is 19.8 Å². The fraction of sp³-hybridized carbons (Fsp3) is 0.706. The molecule has 0 spiro atoms. The first-order valence-electron chi connectivity index (χ1n) is 7.99. The Morgan fingerprint density at radius 3 is 2.67 bits per heavy atom. The summed E-state index contributed by atoms with van der Waals surface area (Å²) in [4.78, 5) is 10.3. The lowest BCUT2D eigenvalue weighted by Crippen LogP contribution is -2.21. The van der Waals surface area contributed by atoms with Crippen molar-refractivity contribution >= 4 is 5.97 Å². The van der Waals surface area contributed by atoms with Crippen LogP contribution < -0.4 is 0 Å². The van der Waals surface area contributed by atoms with Crippen LogP contribution in [0.25, 0.3) is 0 Å². The van der Waals surface area contributed by atoms with Gasteiger partial charge in [-0.05, 0) is 31.6 Å². The minimum Gasteiger partial charge on any atom is -0.478 e. The Bertz CT molecular complexity index is 369. The van der Waals surface area contributed by atoms with Crippen LogP contribution in [0.5, 0.6) is 0 Å². The van der Waals surface area contributed by atoms with Gasteiger partial charge in [-0.3, -0.25) is 0 Å². The summed E-state index contributed by atoms with van der Waals surface area (Å²) < 4.78 is 11.6. The van der Waals surface area contributed by atoms with Gasteiger partial charge in [-0.15, -0.1) is 0 Å². The van der Waals surface area contributed by atoms with E-state index in [9.17, 15) is 4.79 Å². The van der Waals surface area contributed by atoms with Crippen molar-refractivity contribution in [2.24, 2.45) is 11.8 Å². The quantitative estimate of drug-likeness (QED) is 0.552. The van der Waals surface area contributed by atoms with Gasteiger partial charge in [0.1, 0.15) is 0 Å². The molecule has 1 saturated heterocycles. The lowest BCUT2D eigenvalue weighted by molar-refractivity contribution is -0.131. The summed E-state index contributed by atoms with van der Waals surface area (Å²) in [5.74, 6) is 0.146. The molecule has 0 radical (unpaired) electrons. The van der Waals surface area contributed by atoms with Gasteiger partial charge in [0.2, 0.25) is 0 Å². The lowest BCUT2D eigenvalue weighted by atomic mass is 9.93. The Balaban J connectivity index is 1.64. The number of ether oxygens (including phenoxy) is 2. The molecule has 0 bridgehead atoms. The molecule has 4 nitrogen and oxygen atoms in total. The average Bonchev–Trinajstić information content (AvgIpc) is 3.11. The Labute approximate surface area is 126 Å². The highest BCUT2D eigenvalue weighted by Crippen LogP contribution is 2.27. The third kappa shape index (κ3) is 6.02. The minimum atomic E-state index is -0.892. The zero-order valence-electron chi connectivity index (χ0n) is 12.6. The molecule has 2 rings (SSSR count). The fourth-order valence-corrected chi connectivity index (χ4v) is 3.02. The fourth-order valence-electron chi connectivity index (χ4n) is 3.02. The van der Waals surface area contributed by atoms with Gasteiger partial charge in [-0.25, -0.2) is 4.79 Å². The van der Waals surface area contributed by atoms with Gasteiger partial charge in [0.05, 0.1) is 25.9 Å². The third-order valence-corrected chi connectivity index (χ3v) is 4.32. The topological polar surface area (TPSA) is 55.8 Å². The largest absolute Gasteiger partial charge is 0.478 e. The van der Waals surface area contributed by atoms with Gasteiger partial charge in [0, 0.05) is 12.0 Å². The van der Waals surface area contributed by atoms with Crippen molar-refractivity contribution in [3.63, 3.8) is 0 Å². The van der Waals surface area contributed by atoms with Gasteiger partial charge in [0.25, 0.3) is 0 Å². The van der Waals surface area contributed by atoms with Crippen LogP contribution in [0, 0.1) is 11.8 Å². The molecule has 0 aromatic rings. The second-order valence-electron chi connectivity index (χ2n) is 5.98. The van der Waals surface area contributed by atoms with E-state index >= 15 is 0 Å². The molecule has 0 aromatic carbocycles. The van der Waals surface area contributed by atoms with Gasteiger partial charge < -0.3 is 14.6 Å². The van der Waals surface area contributed by atoms with E-state index in [1.807, 2.05) is 6.08 Å². The summed E-state index contributed by atoms with van der Waals surface area (Å²) in [5, 5.41) is 8.48. The maximum Gasteiger partial charge on any atom is 0.327 e. The average molecular weight is 294 g/mol. The van der Waals surface area contributed by atoms with E-state index in [4.69, 9.17) is 14.6 Å². The molecular weight excluding hydrogens is 268 g/mol. The molecule has 0 unspecified atom stereocenters.